The highest BCUT2D eigenvalue weighted by atomic mass is 16.1. The summed E-state index contributed by atoms with van der Waals surface area (Å²) < 4.78 is 0. The van der Waals surface area contributed by atoms with Gasteiger partial charge in [-0.3, -0.25) is 4.79 Å². The first-order chi connectivity index (χ1) is 7.33. The molecule has 0 unspecified atom stereocenters. The summed E-state index contributed by atoms with van der Waals surface area (Å²) in [5.74, 6) is 0.261. The van der Waals surface area contributed by atoms with Crippen LogP contribution in [0.15, 0.2) is 36.9 Å². The quantitative estimate of drug-likeness (QED) is 0.686. The van der Waals surface area contributed by atoms with Crippen molar-refractivity contribution in [3.63, 3.8) is 0 Å². The third-order valence-electron chi connectivity index (χ3n) is 2.73. The van der Waals surface area contributed by atoms with Gasteiger partial charge in [-0.25, -0.2) is 0 Å². The van der Waals surface area contributed by atoms with Crippen LogP contribution in [0.2, 0.25) is 0 Å². The molecule has 2 nitrogen and oxygen atoms in total. The van der Waals surface area contributed by atoms with Crippen LogP contribution in [0, 0.1) is 0 Å². The zero-order valence-electron chi connectivity index (χ0n) is 8.78. The Hall–Kier alpha value is -1.57. The van der Waals surface area contributed by atoms with Gasteiger partial charge in [-0.15, -0.1) is 6.58 Å². The largest absolute Gasteiger partial charge is 0.367 e. The maximum atomic E-state index is 11.8. The Morgan fingerprint density at radius 3 is 3.00 bits per heavy atom. The van der Waals surface area contributed by atoms with E-state index in [1.54, 1.807) is 0 Å². The molecule has 0 bridgehead atoms. The Kier molecular flexibility index (Phi) is 2.86. The van der Waals surface area contributed by atoms with Crippen molar-refractivity contribution >= 4 is 11.5 Å². The Morgan fingerprint density at radius 1 is 1.40 bits per heavy atom. The van der Waals surface area contributed by atoms with Crippen molar-refractivity contribution in [2.24, 2.45) is 0 Å². The second-order valence-electron chi connectivity index (χ2n) is 3.78. The Balaban J connectivity index is 2.42. The number of carbonyl (C=O) groups excluding carboxylic acids is 1. The number of ketones is 1. The van der Waals surface area contributed by atoms with Crippen LogP contribution in [-0.4, -0.2) is 18.9 Å². The first-order valence-electron chi connectivity index (χ1n) is 5.31. The molecule has 1 aliphatic heterocycles. The van der Waals surface area contributed by atoms with E-state index in [1.165, 1.54) is 0 Å². The molecule has 0 spiro atoms. The number of fused-ring (bicyclic) bond motifs is 1. The van der Waals surface area contributed by atoms with Gasteiger partial charge >= 0.3 is 0 Å². The van der Waals surface area contributed by atoms with Crippen molar-refractivity contribution in [1.29, 1.82) is 0 Å². The lowest BCUT2D eigenvalue weighted by Gasteiger charge is -2.22. The van der Waals surface area contributed by atoms with Crippen molar-refractivity contribution in [2.45, 2.75) is 12.8 Å². The summed E-state index contributed by atoms with van der Waals surface area (Å²) >= 11 is 0. The number of hydrogen-bond donors (Lipinski definition) is 0. The van der Waals surface area contributed by atoms with E-state index < -0.39 is 0 Å². The molecule has 78 valence electrons. The molecule has 0 atom stereocenters. The predicted molar refractivity (Wildman–Crippen MR) is 62.4 cm³/mol. The van der Waals surface area contributed by atoms with Crippen molar-refractivity contribution < 1.29 is 4.79 Å². The Bertz CT molecular complexity index is 384. The molecule has 0 N–H and O–H groups in total. The number of carbonyl (C=O) groups is 1. The Labute approximate surface area is 90.2 Å². The summed E-state index contributed by atoms with van der Waals surface area (Å²) in [6.45, 7) is 5.50. The van der Waals surface area contributed by atoms with Crippen LogP contribution in [-0.2, 0) is 0 Å². The standard InChI is InChI=1S/C13H15NO/c1-2-9-14-10-5-8-13(15)11-6-3-4-7-12(11)14/h2-4,6-7H,1,5,8-10H2. The zero-order valence-corrected chi connectivity index (χ0v) is 8.78. The molecule has 1 heterocycles. The highest BCUT2D eigenvalue weighted by molar-refractivity contribution is 6.01. The van der Waals surface area contributed by atoms with Gasteiger partial charge in [-0.05, 0) is 18.6 Å². The van der Waals surface area contributed by atoms with Crippen LogP contribution in [0.3, 0.4) is 0 Å². The Morgan fingerprint density at radius 2 is 2.20 bits per heavy atom. The third kappa shape index (κ3) is 1.94. The average molecular weight is 201 g/mol. The van der Waals surface area contributed by atoms with E-state index in [1.807, 2.05) is 30.3 Å². The van der Waals surface area contributed by atoms with Crippen LogP contribution in [0.4, 0.5) is 5.69 Å². The van der Waals surface area contributed by atoms with Gasteiger partial charge in [0, 0.05) is 30.8 Å². The van der Waals surface area contributed by atoms with Gasteiger partial charge in [-0.2, -0.15) is 0 Å². The van der Waals surface area contributed by atoms with Crippen LogP contribution in [0.5, 0.6) is 0 Å². The molecule has 0 amide bonds. The fourth-order valence-electron chi connectivity index (χ4n) is 2.02. The second kappa shape index (κ2) is 4.30. The number of rotatable bonds is 2. The molecular weight excluding hydrogens is 186 g/mol. The van der Waals surface area contributed by atoms with Crippen LogP contribution in [0.1, 0.15) is 23.2 Å². The maximum absolute atomic E-state index is 11.8. The van der Waals surface area contributed by atoms with E-state index in [-0.39, 0.29) is 5.78 Å². The number of para-hydroxylation sites is 1. The number of benzene rings is 1. The molecule has 2 heteroatoms. The third-order valence-corrected chi connectivity index (χ3v) is 2.73. The number of anilines is 1. The van der Waals surface area contributed by atoms with Gasteiger partial charge in [0.15, 0.2) is 5.78 Å². The molecule has 1 aromatic carbocycles. The first-order valence-corrected chi connectivity index (χ1v) is 5.31. The summed E-state index contributed by atoms with van der Waals surface area (Å²) in [7, 11) is 0. The van der Waals surface area contributed by atoms with E-state index in [9.17, 15) is 4.79 Å². The van der Waals surface area contributed by atoms with Gasteiger partial charge in [0.2, 0.25) is 0 Å². The zero-order chi connectivity index (χ0) is 10.7. The van der Waals surface area contributed by atoms with Crippen molar-refractivity contribution in [1.82, 2.24) is 0 Å². The lowest BCUT2D eigenvalue weighted by molar-refractivity contribution is 0.0984. The fraction of sp³-hybridized carbons (Fsp3) is 0.308. The van der Waals surface area contributed by atoms with E-state index in [4.69, 9.17) is 0 Å². The summed E-state index contributed by atoms with van der Waals surface area (Å²) in [5.41, 5.74) is 1.91. The topological polar surface area (TPSA) is 20.3 Å². The lowest BCUT2D eigenvalue weighted by atomic mass is 10.1. The van der Waals surface area contributed by atoms with E-state index in [0.717, 1.165) is 30.8 Å². The molecule has 0 fully saturated rings. The van der Waals surface area contributed by atoms with Crippen molar-refractivity contribution in [2.75, 3.05) is 18.0 Å². The first kappa shape index (κ1) is 9.97. The smallest absolute Gasteiger partial charge is 0.165 e. The molecule has 1 aromatic rings. The highest BCUT2D eigenvalue weighted by Gasteiger charge is 2.18. The van der Waals surface area contributed by atoms with Gasteiger partial charge in [0.1, 0.15) is 0 Å². The number of nitrogens with zero attached hydrogens (tertiary/aromatic N) is 1. The molecule has 0 saturated heterocycles. The monoisotopic (exact) mass is 201 g/mol. The van der Waals surface area contributed by atoms with Crippen molar-refractivity contribution in [3.05, 3.63) is 42.5 Å². The lowest BCUT2D eigenvalue weighted by Crippen LogP contribution is -2.23. The molecule has 1 aliphatic rings. The summed E-state index contributed by atoms with van der Waals surface area (Å²) in [6.07, 6.45) is 3.47. The van der Waals surface area contributed by atoms with E-state index in [0.29, 0.717) is 6.42 Å². The van der Waals surface area contributed by atoms with Crippen LogP contribution >= 0.6 is 0 Å². The fourth-order valence-corrected chi connectivity index (χ4v) is 2.02. The molecular formula is C13H15NO. The highest BCUT2D eigenvalue weighted by Crippen LogP contribution is 2.25. The molecule has 2 rings (SSSR count). The molecule has 0 aromatic heterocycles. The van der Waals surface area contributed by atoms with Gasteiger partial charge in [0.25, 0.3) is 0 Å². The molecule has 0 radical (unpaired) electrons. The second-order valence-corrected chi connectivity index (χ2v) is 3.78. The normalized spacial score (nSPS) is 15.7. The summed E-state index contributed by atoms with van der Waals surface area (Å²) in [5, 5.41) is 0. The maximum Gasteiger partial charge on any atom is 0.165 e. The predicted octanol–water partition coefficient (Wildman–Crippen LogP) is 2.66. The minimum absolute atomic E-state index is 0.261. The summed E-state index contributed by atoms with van der Waals surface area (Å²) in [6, 6.07) is 7.84. The van der Waals surface area contributed by atoms with E-state index >= 15 is 0 Å². The molecule has 0 aliphatic carbocycles. The number of hydrogen-bond acceptors (Lipinski definition) is 2. The van der Waals surface area contributed by atoms with Crippen LogP contribution < -0.4 is 4.90 Å². The van der Waals surface area contributed by atoms with Gasteiger partial charge in [0.05, 0.1) is 0 Å². The van der Waals surface area contributed by atoms with Crippen LogP contribution in [0.25, 0.3) is 0 Å². The number of Topliss-reactive ketones (excluding diaryl/α,β-unsaturated/α-hetero) is 1. The molecule has 0 saturated carbocycles. The minimum atomic E-state index is 0.261. The average Bonchev–Trinajstić information content (AvgIpc) is 2.41. The van der Waals surface area contributed by atoms with Gasteiger partial charge < -0.3 is 4.90 Å². The SMILES string of the molecule is C=CCN1CCCC(=O)c2ccccc21. The van der Waals surface area contributed by atoms with E-state index in [2.05, 4.69) is 11.5 Å². The van der Waals surface area contributed by atoms with Crippen molar-refractivity contribution in [3.8, 4) is 0 Å². The molecule has 15 heavy (non-hydrogen) atoms. The minimum Gasteiger partial charge on any atom is -0.367 e. The summed E-state index contributed by atoms with van der Waals surface area (Å²) in [4.78, 5) is 14.0. The van der Waals surface area contributed by atoms with Gasteiger partial charge in [-0.1, -0.05) is 18.2 Å².